The standard InChI is InChI=1S/4C6H5.2CH3O.O.2Sn/c4*1-2-4-6-5-3-1;2*1-2;;;/h4*1-5H;2*1H3;;;/q;;;;2*-1;;2*+1. The van der Waals surface area contributed by atoms with Crippen molar-refractivity contribution in [3.05, 3.63) is 121 Å². The van der Waals surface area contributed by atoms with E-state index >= 15 is 0 Å². The maximum absolute atomic E-state index is 7.44. The van der Waals surface area contributed by atoms with Gasteiger partial charge < -0.3 is 0 Å². The van der Waals surface area contributed by atoms with Crippen LogP contribution in [0.15, 0.2) is 121 Å². The van der Waals surface area contributed by atoms with Crippen molar-refractivity contribution in [3.63, 3.8) is 0 Å². The monoisotopic (exact) mass is 626 g/mol. The van der Waals surface area contributed by atoms with Crippen LogP contribution in [0.25, 0.3) is 0 Å². The fourth-order valence-electron chi connectivity index (χ4n) is 3.96. The van der Waals surface area contributed by atoms with Gasteiger partial charge in [0.25, 0.3) is 0 Å². The van der Waals surface area contributed by atoms with Crippen molar-refractivity contribution in [1.29, 1.82) is 0 Å². The van der Waals surface area contributed by atoms with E-state index in [0.29, 0.717) is 0 Å². The van der Waals surface area contributed by atoms with E-state index in [2.05, 4.69) is 97.1 Å². The van der Waals surface area contributed by atoms with Gasteiger partial charge in [0, 0.05) is 0 Å². The molecule has 0 heterocycles. The van der Waals surface area contributed by atoms with Crippen molar-refractivity contribution in [2.24, 2.45) is 0 Å². The molecule has 3 nitrogen and oxygen atoms in total. The van der Waals surface area contributed by atoms with Crippen LogP contribution in [-0.2, 0) is 7.56 Å². The average Bonchev–Trinajstić information content (AvgIpc) is 2.87. The number of rotatable bonds is 8. The molecule has 4 aromatic rings. The van der Waals surface area contributed by atoms with Gasteiger partial charge in [-0.05, 0) is 0 Å². The molecule has 5 heteroatoms. The van der Waals surface area contributed by atoms with Crippen molar-refractivity contribution in [2.45, 2.75) is 0 Å². The molecule has 4 aromatic carbocycles. The van der Waals surface area contributed by atoms with Crippen LogP contribution in [0.2, 0.25) is 0 Å². The van der Waals surface area contributed by atoms with Crippen LogP contribution in [0.3, 0.4) is 0 Å². The van der Waals surface area contributed by atoms with E-state index in [4.69, 9.17) is 7.56 Å². The zero-order valence-electron chi connectivity index (χ0n) is 17.8. The molecule has 0 atom stereocenters. The van der Waals surface area contributed by atoms with E-state index in [9.17, 15) is 0 Å². The minimum absolute atomic E-state index is 1.13. The Morgan fingerprint density at radius 3 is 0.806 bits per heavy atom. The van der Waals surface area contributed by atoms with Crippen LogP contribution in [-0.4, -0.2) is 52.6 Å². The molecule has 0 N–H and O–H groups in total. The predicted molar refractivity (Wildman–Crippen MR) is 131 cm³/mol. The molecule has 0 bridgehead atoms. The normalized spacial score (nSPS) is 11.9. The Kier molecular flexibility index (Phi) is 7.50. The molecule has 0 aliphatic rings. The zero-order valence-corrected chi connectivity index (χ0v) is 23.5. The van der Waals surface area contributed by atoms with Crippen LogP contribution in [0.1, 0.15) is 0 Å². The molecule has 0 saturated carbocycles. The van der Waals surface area contributed by atoms with E-state index in [-0.39, 0.29) is 0 Å². The minimum atomic E-state index is -4.08. The first-order chi connectivity index (χ1) is 15.2. The molecule has 156 valence electrons. The van der Waals surface area contributed by atoms with Gasteiger partial charge in [-0.25, -0.2) is 0 Å². The zero-order chi connectivity index (χ0) is 21.6. The molecule has 0 radical (unpaired) electrons. The molecule has 0 aromatic heterocycles. The number of hydrogen-bond acceptors (Lipinski definition) is 3. The second-order valence-electron chi connectivity index (χ2n) is 7.21. The van der Waals surface area contributed by atoms with Crippen LogP contribution >= 0.6 is 0 Å². The van der Waals surface area contributed by atoms with E-state index < -0.39 is 38.4 Å². The second-order valence-corrected chi connectivity index (χ2v) is 27.7. The number of benzene rings is 4. The fraction of sp³-hybridized carbons (Fsp3) is 0.0769. The van der Waals surface area contributed by atoms with Crippen LogP contribution in [0.5, 0.6) is 0 Å². The molecular weight excluding hydrogens is 598 g/mol. The molecule has 0 fully saturated rings. The molecule has 0 amide bonds. The van der Waals surface area contributed by atoms with Crippen molar-refractivity contribution in [2.75, 3.05) is 14.2 Å². The third-order valence-corrected chi connectivity index (χ3v) is 33.9. The summed E-state index contributed by atoms with van der Waals surface area (Å²) in [6.45, 7) is 0. The third kappa shape index (κ3) is 4.47. The molecule has 0 aliphatic carbocycles. The Morgan fingerprint density at radius 1 is 0.387 bits per heavy atom. The first-order valence-corrected chi connectivity index (χ1v) is 20.6. The average molecular weight is 624 g/mol. The Balaban J connectivity index is 1.98. The first-order valence-electron chi connectivity index (χ1n) is 10.3. The summed E-state index contributed by atoms with van der Waals surface area (Å²) in [6.07, 6.45) is 0. The fourth-order valence-corrected chi connectivity index (χ4v) is 38.7. The molecule has 0 aliphatic heterocycles. The van der Waals surface area contributed by atoms with Gasteiger partial charge in [-0.1, -0.05) is 0 Å². The predicted octanol–water partition coefficient (Wildman–Crippen LogP) is 2.81. The van der Waals surface area contributed by atoms with Crippen LogP contribution in [0.4, 0.5) is 0 Å². The Hall–Kier alpha value is -1.64. The van der Waals surface area contributed by atoms with Gasteiger partial charge in [0.2, 0.25) is 0 Å². The topological polar surface area (TPSA) is 27.7 Å². The molecule has 0 unspecified atom stereocenters. The van der Waals surface area contributed by atoms with Crippen LogP contribution in [0, 0.1) is 0 Å². The van der Waals surface area contributed by atoms with Gasteiger partial charge in [-0.15, -0.1) is 0 Å². The van der Waals surface area contributed by atoms with E-state index in [1.54, 1.807) is 14.2 Å². The Morgan fingerprint density at radius 2 is 0.613 bits per heavy atom. The van der Waals surface area contributed by atoms with Gasteiger partial charge in [0.05, 0.1) is 0 Å². The van der Waals surface area contributed by atoms with Gasteiger partial charge >= 0.3 is 196 Å². The van der Waals surface area contributed by atoms with Gasteiger partial charge in [0.15, 0.2) is 0 Å². The summed E-state index contributed by atoms with van der Waals surface area (Å²) in [5, 5.41) is 0. The van der Waals surface area contributed by atoms with Gasteiger partial charge in [-0.3, -0.25) is 0 Å². The summed E-state index contributed by atoms with van der Waals surface area (Å²) in [5.41, 5.74) is 0. The van der Waals surface area contributed by atoms with Crippen molar-refractivity contribution < 1.29 is 7.56 Å². The molecule has 4 rings (SSSR count). The first kappa shape index (κ1) is 22.5. The summed E-state index contributed by atoms with van der Waals surface area (Å²) in [6, 6.07) is 41.6. The second kappa shape index (κ2) is 10.3. The summed E-state index contributed by atoms with van der Waals surface area (Å²) >= 11 is -8.16. The van der Waals surface area contributed by atoms with Crippen molar-refractivity contribution in [3.8, 4) is 0 Å². The van der Waals surface area contributed by atoms with Crippen molar-refractivity contribution in [1.82, 2.24) is 0 Å². The molecule has 0 saturated heterocycles. The summed E-state index contributed by atoms with van der Waals surface area (Å²) in [7, 11) is 3.58. The molecular formula is C26H26O3Sn2. The molecule has 0 spiro atoms. The molecule has 31 heavy (non-hydrogen) atoms. The van der Waals surface area contributed by atoms with Gasteiger partial charge in [0.1, 0.15) is 0 Å². The van der Waals surface area contributed by atoms with E-state index in [1.165, 1.54) is 0 Å². The Labute approximate surface area is 194 Å². The van der Waals surface area contributed by atoms with E-state index in [1.807, 2.05) is 24.3 Å². The SMILES string of the molecule is C[O][Sn]([O][Sn]([O]C)([c]1ccccc1)[c]1ccccc1)([c]1ccccc1)[c]1ccccc1. The summed E-state index contributed by atoms with van der Waals surface area (Å²) < 4.78 is 24.9. The quantitative estimate of drug-likeness (QED) is 0.283. The van der Waals surface area contributed by atoms with E-state index in [0.717, 1.165) is 14.3 Å². The number of hydrogen-bond donors (Lipinski definition) is 0. The van der Waals surface area contributed by atoms with Crippen molar-refractivity contribution >= 4 is 52.7 Å². The summed E-state index contributed by atoms with van der Waals surface area (Å²) in [5.74, 6) is 0. The third-order valence-electron chi connectivity index (χ3n) is 5.48. The van der Waals surface area contributed by atoms with Gasteiger partial charge in [-0.2, -0.15) is 0 Å². The maximum atomic E-state index is 7.44. The Bertz CT molecular complexity index is 907. The summed E-state index contributed by atoms with van der Waals surface area (Å²) in [4.78, 5) is 0. The van der Waals surface area contributed by atoms with Crippen LogP contribution < -0.4 is 14.3 Å².